The van der Waals surface area contributed by atoms with E-state index in [0.717, 1.165) is 12.0 Å². The maximum absolute atomic E-state index is 5.78. The number of hydrogen-bond acceptors (Lipinski definition) is 2. The van der Waals surface area contributed by atoms with E-state index < -0.39 is 0 Å². The highest BCUT2D eigenvalue weighted by molar-refractivity contribution is 6.31. The van der Waals surface area contributed by atoms with Crippen LogP contribution in [0.1, 0.15) is 5.56 Å². The molecule has 0 aliphatic rings. The molecule has 12 heavy (non-hydrogen) atoms. The van der Waals surface area contributed by atoms with Gasteiger partial charge in [-0.15, -0.1) is 24.8 Å². The van der Waals surface area contributed by atoms with E-state index in [2.05, 4.69) is 4.98 Å². The molecule has 0 spiro atoms. The predicted octanol–water partition coefficient (Wildman–Crippen LogP) is 2.08. The lowest BCUT2D eigenvalue weighted by molar-refractivity contribution is 0.964. The summed E-state index contributed by atoms with van der Waals surface area (Å²) in [7, 11) is 0. The lowest BCUT2D eigenvalue weighted by atomic mass is 10.2. The molecule has 1 rings (SSSR count). The Hall–Kier alpha value is -0.0200. The van der Waals surface area contributed by atoms with Gasteiger partial charge in [0.1, 0.15) is 0 Å². The first-order chi connectivity index (χ1) is 4.84. The standard InChI is InChI=1S/C7H9ClN2.2ClH/c8-7-5-10-4-2-6(7)1-3-9;;/h2,4-5H,1,3,9H2;2*1H. The predicted molar refractivity (Wildman–Crippen MR) is 56.5 cm³/mol. The number of pyridine rings is 1. The molecule has 0 atom stereocenters. The van der Waals surface area contributed by atoms with Crippen molar-refractivity contribution in [3.8, 4) is 0 Å². The third-order valence-electron chi connectivity index (χ3n) is 1.27. The van der Waals surface area contributed by atoms with Crippen molar-refractivity contribution in [1.82, 2.24) is 4.98 Å². The van der Waals surface area contributed by atoms with Gasteiger partial charge in [0.2, 0.25) is 0 Å². The normalized spacial score (nSPS) is 8.17. The molecule has 2 nitrogen and oxygen atoms in total. The van der Waals surface area contributed by atoms with Crippen LogP contribution in [-0.4, -0.2) is 11.5 Å². The molecule has 1 heterocycles. The topological polar surface area (TPSA) is 38.9 Å². The van der Waals surface area contributed by atoms with Gasteiger partial charge in [0.25, 0.3) is 0 Å². The van der Waals surface area contributed by atoms with Crippen molar-refractivity contribution in [2.75, 3.05) is 6.54 Å². The zero-order valence-corrected chi connectivity index (χ0v) is 8.75. The van der Waals surface area contributed by atoms with Crippen LogP contribution in [0.25, 0.3) is 0 Å². The molecular weight excluding hydrogens is 218 g/mol. The number of nitrogens with two attached hydrogens (primary N) is 1. The molecule has 0 amide bonds. The lowest BCUT2D eigenvalue weighted by Crippen LogP contribution is -2.02. The Morgan fingerprint density at radius 2 is 2.08 bits per heavy atom. The van der Waals surface area contributed by atoms with E-state index in [1.54, 1.807) is 12.4 Å². The summed E-state index contributed by atoms with van der Waals surface area (Å²) in [6, 6.07) is 1.88. The quantitative estimate of drug-likeness (QED) is 0.843. The second-order valence-corrected chi connectivity index (χ2v) is 2.41. The minimum Gasteiger partial charge on any atom is -0.330 e. The van der Waals surface area contributed by atoms with Crippen LogP contribution in [0, 0.1) is 0 Å². The maximum atomic E-state index is 5.78. The number of halogens is 3. The van der Waals surface area contributed by atoms with Crippen LogP contribution >= 0.6 is 36.4 Å². The SMILES string of the molecule is Cl.Cl.NCCc1ccncc1Cl. The van der Waals surface area contributed by atoms with Gasteiger partial charge in [-0.05, 0) is 24.6 Å². The Bertz CT molecular complexity index is 218. The van der Waals surface area contributed by atoms with Gasteiger partial charge in [0, 0.05) is 12.4 Å². The molecule has 1 aromatic rings. The van der Waals surface area contributed by atoms with Gasteiger partial charge in [0.05, 0.1) is 5.02 Å². The second-order valence-electron chi connectivity index (χ2n) is 2.01. The average molecular weight is 230 g/mol. The van der Waals surface area contributed by atoms with Crippen LogP contribution in [-0.2, 0) is 6.42 Å². The fourth-order valence-electron chi connectivity index (χ4n) is 0.762. The molecule has 0 fully saturated rings. The summed E-state index contributed by atoms with van der Waals surface area (Å²) in [5, 5.41) is 0.702. The molecule has 2 N–H and O–H groups in total. The summed E-state index contributed by atoms with van der Waals surface area (Å²) < 4.78 is 0. The van der Waals surface area contributed by atoms with Crippen LogP contribution < -0.4 is 5.73 Å². The Balaban J connectivity index is 0. The summed E-state index contributed by atoms with van der Waals surface area (Å²) in [4.78, 5) is 3.85. The van der Waals surface area contributed by atoms with E-state index in [1.165, 1.54) is 0 Å². The molecule has 5 heteroatoms. The highest BCUT2D eigenvalue weighted by Crippen LogP contribution is 2.12. The highest BCUT2D eigenvalue weighted by Gasteiger charge is 1.95. The van der Waals surface area contributed by atoms with Gasteiger partial charge >= 0.3 is 0 Å². The first-order valence-electron chi connectivity index (χ1n) is 3.13. The van der Waals surface area contributed by atoms with Crippen molar-refractivity contribution in [3.63, 3.8) is 0 Å². The first-order valence-corrected chi connectivity index (χ1v) is 3.51. The monoisotopic (exact) mass is 228 g/mol. The molecule has 0 bridgehead atoms. The highest BCUT2D eigenvalue weighted by atomic mass is 35.5. The van der Waals surface area contributed by atoms with Crippen LogP contribution in [0.5, 0.6) is 0 Å². The van der Waals surface area contributed by atoms with Gasteiger partial charge in [-0.3, -0.25) is 4.98 Å². The second kappa shape index (κ2) is 7.62. The van der Waals surface area contributed by atoms with Crippen molar-refractivity contribution in [2.45, 2.75) is 6.42 Å². The molecule has 0 saturated heterocycles. The van der Waals surface area contributed by atoms with Crippen molar-refractivity contribution in [3.05, 3.63) is 29.0 Å². The molecule has 0 unspecified atom stereocenters. The van der Waals surface area contributed by atoms with E-state index in [9.17, 15) is 0 Å². The van der Waals surface area contributed by atoms with E-state index in [0.29, 0.717) is 11.6 Å². The summed E-state index contributed by atoms with van der Waals surface area (Å²) in [5.74, 6) is 0. The molecule has 0 aromatic carbocycles. The zero-order valence-electron chi connectivity index (χ0n) is 6.37. The largest absolute Gasteiger partial charge is 0.330 e. The fourth-order valence-corrected chi connectivity index (χ4v) is 0.976. The van der Waals surface area contributed by atoms with Gasteiger partial charge < -0.3 is 5.73 Å². The van der Waals surface area contributed by atoms with E-state index in [4.69, 9.17) is 17.3 Å². The number of aromatic nitrogens is 1. The smallest absolute Gasteiger partial charge is 0.0621 e. The summed E-state index contributed by atoms with van der Waals surface area (Å²) in [6.45, 7) is 0.629. The van der Waals surface area contributed by atoms with Crippen molar-refractivity contribution >= 4 is 36.4 Å². The van der Waals surface area contributed by atoms with Crippen LogP contribution in [0.3, 0.4) is 0 Å². The van der Waals surface area contributed by atoms with Gasteiger partial charge in [-0.2, -0.15) is 0 Å². The van der Waals surface area contributed by atoms with Crippen LogP contribution in [0.15, 0.2) is 18.5 Å². The minimum absolute atomic E-state index is 0. The molecule has 70 valence electrons. The third-order valence-corrected chi connectivity index (χ3v) is 1.61. The number of nitrogens with zero attached hydrogens (tertiary/aromatic N) is 1. The van der Waals surface area contributed by atoms with E-state index >= 15 is 0 Å². The molecule has 1 aromatic heterocycles. The van der Waals surface area contributed by atoms with Gasteiger partial charge in [-0.25, -0.2) is 0 Å². The van der Waals surface area contributed by atoms with Gasteiger partial charge in [-0.1, -0.05) is 11.6 Å². The van der Waals surface area contributed by atoms with Gasteiger partial charge in [0.15, 0.2) is 0 Å². The Morgan fingerprint density at radius 1 is 1.42 bits per heavy atom. The Labute approximate surface area is 89.3 Å². The Morgan fingerprint density at radius 3 is 2.58 bits per heavy atom. The first kappa shape index (κ1) is 14.5. The molecule has 0 aliphatic heterocycles. The lowest BCUT2D eigenvalue weighted by Gasteiger charge is -1.98. The van der Waals surface area contributed by atoms with Crippen molar-refractivity contribution in [1.29, 1.82) is 0 Å². The maximum Gasteiger partial charge on any atom is 0.0621 e. The van der Waals surface area contributed by atoms with E-state index in [1.807, 2.05) is 6.07 Å². The zero-order chi connectivity index (χ0) is 7.40. The molecular formula is C7H11Cl3N2. The molecule has 0 saturated carbocycles. The van der Waals surface area contributed by atoms with Crippen molar-refractivity contribution < 1.29 is 0 Å². The average Bonchev–Trinajstić information content (AvgIpc) is 1.94. The Kier molecular flexibility index (Phi) is 9.21. The van der Waals surface area contributed by atoms with Crippen molar-refractivity contribution in [2.24, 2.45) is 5.73 Å². The molecule has 0 radical (unpaired) electrons. The fraction of sp³-hybridized carbons (Fsp3) is 0.286. The van der Waals surface area contributed by atoms with Crippen LogP contribution in [0.2, 0.25) is 5.02 Å². The van der Waals surface area contributed by atoms with E-state index in [-0.39, 0.29) is 24.8 Å². The summed E-state index contributed by atoms with van der Waals surface area (Å²) >= 11 is 5.78. The third kappa shape index (κ3) is 4.12. The summed E-state index contributed by atoms with van der Waals surface area (Å²) in [5.41, 5.74) is 6.42. The minimum atomic E-state index is 0. The summed E-state index contributed by atoms with van der Waals surface area (Å²) in [6.07, 6.45) is 4.17. The number of rotatable bonds is 2. The number of hydrogen-bond donors (Lipinski definition) is 1. The van der Waals surface area contributed by atoms with Crippen LogP contribution in [0.4, 0.5) is 0 Å². The molecule has 0 aliphatic carbocycles.